The van der Waals surface area contributed by atoms with Gasteiger partial charge in [-0.3, -0.25) is 0 Å². The van der Waals surface area contributed by atoms with Gasteiger partial charge in [-0.05, 0) is 49.3 Å². The van der Waals surface area contributed by atoms with Gasteiger partial charge in [0.25, 0.3) is 0 Å². The second-order valence-corrected chi connectivity index (χ2v) is 7.69. The molecule has 0 bridgehead atoms. The monoisotopic (exact) mass is 528 g/mol. The van der Waals surface area contributed by atoms with E-state index >= 15 is 0 Å². The Morgan fingerprint density at radius 1 is 0.632 bits per heavy atom. The molecular weight excluding hydrogens is 500 g/mol. The van der Waals surface area contributed by atoms with Crippen LogP contribution in [0.15, 0.2) is 78.1 Å². The van der Waals surface area contributed by atoms with E-state index in [1.165, 1.54) is 12.5 Å². The number of esters is 4. The van der Waals surface area contributed by atoms with Crippen molar-refractivity contribution in [1.82, 2.24) is 0 Å². The fourth-order valence-electron chi connectivity index (χ4n) is 3.36. The summed E-state index contributed by atoms with van der Waals surface area (Å²) in [5.74, 6) is -2.93. The SMILES string of the molecule is COC(=O)C(=N\N=C(C(=O)OC)\C(C(=O)OC)=C(\C)Cc1ccco1)/C(C(=O)OC)=C(/C)Cc1ccco1. The van der Waals surface area contributed by atoms with Crippen LogP contribution < -0.4 is 0 Å². The summed E-state index contributed by atoms with van der Waals surface area (Å²) >= 11 is 0. The molecule has 38 heavy (non-hydrogen) atoms. The molecule has 0 spiro atoms. The van der Waals surface area contributed by atoms with E-state index in [-0.39, 0.29) is 24.0 Å². The minimum absolute atomic E-state index is 0.122. The third kappa shape index (κ3) is 7.38. The van der Waals surface area contributed by atoms with Crippen LogP contribution in [0.2, 0.25) is 0 Å². The molecule has 0 saturated heterocycles. The number of hydrogen-bond acceptors (Lipinski definition) is 12. The number of carbonyl (C=O) groups excluding carboxylic acids is 4. The van der Waals surface area contributed by atoms with Crippen LogP contribution in [0.3, 0.4) is 0 Å². The highest BCUT2D eigenvalue weighted by Gasteiger charge is 2.30. The molecule has 2 aromatic rings. The lowest BCUT2D eigenvalue weighted by Gasteiger charge is -2.12. The second-order valence-electron chi connectivity index (χ2n) is 7.69. The fraction of sp³-hybridized carbons (Fsp3) is 0.308. The molecule has 0 amide bonds. The molecular formula is C26H28N2O10. The van der Waals surface area contributed by atoms with E-state index < -0.39 is 35.3 Å². The molecule has 0 aliphatic rings. The number of carbonyl (C=O) groups is 4. The average Bonchev–Trinajstić information content (AvgIpc) is 3.62. The van der Waals surface area contributed by atoms with Crippen molar-refractivity contribution in [3.63, 3.8) is 0 Å². The number of hydrogen-bond donors (Lipinski definition) is 0. The lowest BCUT2D eigenvalue weighted by Crippen LogP contribution is -2.27. The maximum atomic E-state index is 12.7. The summed E-state index contributed by atoms with van der Waals surface area (Å²) in [6, 6.07) is 6.68. The van der Waals surface area contributed by atoms with Crippen molar-refractivity contribution in [3.05, 3.63) is 70.6 Å². The molecule has 2 aromatic heterocycles. The fourth-order valence-corrected chi connectivity index (χ4v) is 3.36. The normalized spacial score (nSPS) is 13.2. The van der Waals surface area contributed by atoms with Crippen LogP contribution >= 0.6 is 0 Å². The molecule has 0 aromatic carbocycles. The topological polar surface area (TPSA) is 156 Å². The second kappa shape index (κ2) is 14.1. The number of furan rings is 2. The van der Waals surface area contributed by atoms with E-state index in [2.05, 4.69) is 10.2 Å². The summed E-state index contributed by atoms with van der Waals surface area (Å²) in [5.41, 5.74) is -0.998. The first-order valence-corrected chi connectivity index (χ1v) is 11.1. The molecule has 0 atom stereocenters. The molecule has 12 heteroatoms. The summed E-state index contributed by atoms with van der Waals surface area (Å²) < 4.78 is 30.0. The summed E-state index contributed by atoms with van der Waals surface area (Å²) in [6.45, 7) is 3.12. The van der Waals surface area contributed by atoms with Gasteiger partial charge in [0.15, 0.2) is 11.4 Å². The first kappa shape index (κ1) is 29.5. The predicted octanol–water partition coefficient (Wildman–Crippen LogP) is 2.78. The number of nitrogens with zero attached hydrogens (tertiary/aromatic N) is 2. The van der Waals surface area contributed by atoms with Crippen molar-refractivity contribution in [3.8, 4) is 0 Å². The van der Waals surface area contributed by atoms with Gasteiger partial charge >= 0.3 is 23.9 Å². The summed E-state index contributed by atoms with van der Waals surface area (Å²) in [4.78, 5) is 50.9. The Labute approximate surface area is 218 Å². The minimum Gasteiger partial charge on any atom is -0.469 e. The maximum Gasteiger partial charge on any atom is 0.359 e. The summed E-state index contributed by atoms with van der Waals surface area (Å²) in [6.07, 6.45) is 3.15. The summed E-state index contributed by atoms with van der Waals surface area (Å²) in [5, 5.41) is 7.75. The Kier molecular flexibility index (Phi) is 11.0. The van der Waals surface area contributed by atoms with E-state index in [0.717, 1.165) is 28.4 Å². The van der Waals surface area contributed by atoms with Crippen LogP contribution in [0.1, 0.15) is 25.4 Å². The smallest absolute Gasteiger partial charge is 0.359 e. The zero-order valence-electron chi connectivity index (χ0n) is 21.9. The van der Waals surface area contributed by atoms with Crippen molar-refractivity contribution < 1.29 is 47.0 Å². The molecule has 0 aliphatic carbocycles. The highest BCUT2D eigenvalue weighted by Crippen LogP contribution is 2.19. The van der Waals surface area contributed by atoms with Gasteiger partial charge in [0, 0.05) is 12.8 Å². The first-order chi connectivity index (χ1) is 18.2. The van der Waals surface area contributed by atoms with Gasteiger partial charge in [0.1, 0.15) is 11.5 Å². The molecule has 0 aliphatic heterocycles. The van der Waals surface area contributed by atoms with Crippen LogP contribution in [0.5, 0.6) is 0 Å². The average molecular weight is 529 g/mol. The van der Waals surface area contributed by atoms with Gasteiger partial charge in [-0.15, -0.1) is 10.2 Å². The highest BCUT2D eigenvalue weighted by molar-refractivity contribution is 6.51. The number of methoxy groups -OCH3 is 4. The number of rotatable bonds is 11. The Bertz CT molecular complexity index is 1180. The van der Waals surface area contributed by atoms with Crippen molar-refractivity contribution in [2.75, 3.05) is 28.4 Å². The quantitative estimate of drug-likeness (QED) is 0.140. The molecule has 12 nitrogen and oxygen atoms in total. The van der Waals surface area contributed by atoms with Crippen LogP contribution in [0, 0.1) is 0 Å². The summed E-state index contributed by atoms with van der Waals surface area (Å²) in [7, 11) is 4.40. The van der Waals surface area contributed by atoms with Gasteiger partial charge in [-0.2, -0.15) is 0 Å². The van der Waals surface area contributed by atoms with Gasteiger partial charge in [-0.1, -0.05) is 0 Å². The standard InChI is InChI=1S/C26H28N2O10/c1-15(13-17-9-7-11-37-17)19(23(29)33-3)21(25(31)35-5)27-28-22(26(32)36-6)20(24(30)34-4)16(2)14-18-10-8-12-38-18/h7-12H,13-14H2,1-6H3/b19-15+,20-16+,27-21-,28-22-. The lowest BCUT2D eigenvalue weighted by atomic mass is 10.0. The predicted molar refractivity (Wildman–Crippen MR) is 133 cm³/mol. The van der Waals surface area contributed by atoms with Crippen molar-refractivity contribution in [2.45, 2.75) is 26.7 Å². The van der Waals surface area contributed by atoms with Crippen molar-refractivity contribution in [1.29, 1.82) is 0 Å². The van der Waals surface area contributed by atoms with Crippen molar-refractivity contribution >= 4 is 35.3 Å². The maximum absolute atomic E-state index is 12.7. The molecule has 2 rings (SSSR count). The minimum atomic E-state index is -1.05. The Hall–Kier alpha value is -4.74. The van der Waals surface area contributed by atoms with E-state index in [4.69, 9.17) is 27.8 Å². The third-order valence-corrected chi connectivity index (χ3v) is 5.15. The molecule has 0 radical (unpaired) electrons. The van der Waals surface area contributed by atoms with E-state index in [9.17, 15) is 19.2 Å². The third-order valence-electron chi connectivity index (χ3n) is 5.15. The van der Waals surface area contributed by atoms with Crippen LogP contribution in [0.25, 0.3) is 0 Å². The zero-order chi connectivity index (χ0) is 28.2. The highest BCUT2D eigenvalue weighted by atomic mass is 16.5. The lowest BCUT2D eigenvalue weighted by molar-refractivity contribution is -0.137. The van der Waals surface area contributed by atoms with Gasteiger partial charge in [0.05, 0.1) is 52.1 Å². The van der Waals surface area contributed by atoms with Gasteiger partial charge < -0.3 is 27.8 Å². The van der Waals surface area contributed by atoms with Crippen molar-refractivity contribution in [2.24, 2.45) is 10.2 Å². The largest absolute Gasteiger partial charge is 0.469 e. The number of allylic oxidation sites excluding steroid dienone is 2. The van der Waals surface area contributed by atoms with E-state index in [1.54, 1.807) is 38.1 Å². The van der Waals surface area contributed by atoms with E-state index in [1.807, 2.05) is 0 Å². The molecule has 2 heterocycles. The molecule has 0 fully saturated rings. The van der Waals surface area contributed by atoms with E-state index in [0.29, 0.717) is 22.7 Å². The molecule has 0 saturated carbocycles. The Morgan fingerprint density at radius 3 is 1.24 bits per heavy atom. The van der Waals surface area contributed by atoms with Crippen LogP contribution in [0.4, 0.5) is 0 Å². The number of ether oxygens (including phenoxy) is 4. The molecule has 0 unspecified atom stereocenters. The Balaban J connectivity index is 2.78. The van der Waals surface area contributed by atoms with Gasteiger partial charge in [0.2, 0.25) is 0 Å². The Morgan fingerprint density at radius 2 is 0.974 bits per heavy atom. The van der Waals surface area contributed by atoms with Crippen LogP contribution in [-0.4, -0.2) is 63.7 Å². The van der Waals surface area contributed by atoms with Crippen LogP contribution in [-0.2, 0) is 51.0 Å². The first-order valence-electron chi connectivity index (χ1n) is 11.1. The van der Waals surface area contributed by atoms with Gasteiger partial charge in [-0.25, -0.2) is 19.2 Å². The molecule has 0 N–H and O–H groups in total. The zero-order valence-corrected chi connectivity index (χ0v) is 21.9. The molecule has 202 valence electrons.